The number of nitrogens with two attached hydrogens (primary N) is 1. The van der Waals surface area contributed by atoms with Crippen LogP contribution in [0.15, 0.2) is 24.3 Å². The summed E-state index contributed by atoms with van der Waals surface area (Å²) in [5.41, 5.74) is 7.06. The molecule has 3 heteroatoms. The first-order valence-electron chi connectivity index (χ1n) is 3.18. The molecule has 0 aromatic heterocycles. The number of thiocarbonyl (C=S) groups is 1. The van der Waals surface area contributed by atoms with Gasteiger partial charge in [0, 0.05) is 5.69 Å². The molecule has 1 aromatic carbocycles. The van der Waals surface area contributed by atoms with Crippen molar-refractivity contribution in [3.05, 3.63) is 29.8 Å². The predicted molar refractivity (Wildman–Crippen MR) is 49.6 cm³/mol. The summed E-state index contributed by atoms with van der Waals surface area (Å²) in [6.07, 6.45) is 0. The molecule has 0 aliphatic carbocycles. The van der Waals surface area contributed by atoms with Gasteiger partial charge in [0.1, 0.15) is 0 Å². The molecule has 0 saturated carbocycles. The minimum absolute atomic E-state index is 0.433. The molecule has 0 atom stereocenters. The summed E-state index contributed by atoms with van der Waals surface area (Å²) in [5, 5.41) is 0.433. The van der Waals surface area contributed by atoms with Crippen molar-refractivity contribution >= 4 is 23.0 Å². The Bertz CT molecular complexity index is 273. The van der Waals surface area contributed by atoms with Crippen LogP contribution in [-0.2, 0) is 4.74 Å². The maximum absolute atomic E-state index is 5.63. The Hall–Kier alpha value is -1.09. The summed E-state index contributed by atoms with van der Waals surface area (Å²) in [5.74, 6) is 0. The average Bonchev–Trinajstić information content (AvgIpc) is 2.04. The van der Waals surface area contributed by atoms with Gasteiger partial charge in [-0.3, -0.25) is 0 Å². The minimum Gasteiger partial charge on any atom is -0.486 e. The van der Waals surface area contributed by atoms with E-state index in [1.807, 2.05) is 18.2 Å². The molecule has 1 rings (SSSR count). The molecule has 0 bridgehead atoms. The van der Waals surface area contributed by atoms with E-state index < -0.39 is 0 Å². The molecule has 0 radical (unpaired) electrons. The fourth-order valence-corrected chi connectivity index (χ4v) is 0.979. The van der Waals surface area contributed by atoms with Crippen molar-refractivity contribution in [2.45, 2.75) is 0 Å². The highest BCUT2D eigenvalue weighted by Crippen LogP contribution is 2.11. The van der Waals surface area contributed by atoms with Crippen LogP contribution in [-0.4, -0.2) is 12.2 Å². The second kappa shape index (κ2) is 3.34. The van der Waals surface area contributed by atoms with Crippen molar-refractivity contribution in [2.24, 2.45) is 0 Å². The number of hydrogen-bond donors (Lipinski definition) is 1. The predicted octanol–water partition coefficient (Wildman–Crippen LogP) is 1.59. The summed E-state index contributed by atoms with van der Waals surface area (Å²) in [6, 6.07) is 7.36. The zero-order valence-corrected chi connectivity index (χ0v) is 7.02. The van der Waals surface area contributed by atoms with E-state index in [0.29, 0.717) is 10.7 Å². The van der Waals surface area contributed by atoms with Gasteiger partial charge < -0.3 is 10.5 Å². The first-order valence-corrected chi connectivity index (χ1v) is 3.59. The first-order chi connectivity index (χ1) is 5.25. The third-order valence-electron chi connectivity index (χ3n) is 1.37. The van der Waals surface area contributed by atoms with Gasteiger partial charge in [-0.05, 0) is 24.4 Å². The zero-order valence-electron chi connectivity index (χ0n) is 6.20. The molecule has 0 fully saturated rings. The average molecular weight is 167 g/mol. The zero-order chi connectivity index (χ0) is 8.27. The largest absolute Gasteiger partial charge is 0.486 e. The van der Waals surface area contributed by atoms with Gasteiger partial charge in [-0.2, -0.15) is 0 Å². The maximum Gasteiger partial charge on any atom is 0.192 e. The highest BCUT2D eigenvalue weighted by molar-refractivity contribution is 7.80. The summed E-state index contributed by atoms with van der Waals surface area (Å²) in [6.45, 7) is 0. The van der Waals surface area contributed by atoms with Gasteiger partial charge in [-0.15, -0.1) is 0 Å². The standard InChI is InChI=1S/C8H9NOS/c1-10-8(11)6-4-2-3-5-7(6)9/h2-5H,9H2,1H3. The summed E-state index contributed by atoms with van der Waals surface area (Å²) >= 11 is 4.91. The molecule has 2 N–H and O–H groups in total. The third-order valence-corrected chi connectivity index (χ3v) is 1.75. The lowest BCUT2D eigenvalue weighted by molar-refractivity contribution is 0.416. The van der Waals surface area contributed by atoms with Crippen LogP contribution in [0.4, 0.5) is 5.69 Å². The van der Waals surface area contributed by atoms with Crippen LogP contribution in [0.3, 0.4) is 0 Å². The van der Waals surface area contributed by atoms with Crippen molar-refractivity contribution in [1.82, 2.24) is 0 Å². The monoisotopic (exact) mass is 167 g/mol. The van der Waals surface area contributed by atoms with Crippen LogP contribution < -0.4 is 5.73 Å². The third kappa shape index (κ3) is 1.68. The van der Waals surface area contributed by atoms with Crippen LogP contribution in [0.1, 0.15) is 5.56 Å². The second-order valence-corrected chi connectivity index (χ2v) is 2.45. The number of benzene rings is 1. The number of hydrogen-bond acceptors (Lipinski definition) is 3. The molecule has 0 unspecified atom stereocenters. The van der Waals surface area contributed by atoms with Gasteiger partial charge in [0.25, 0.3) is 0 Å². The first kappa shape index (κ1) is 8.01. The van der Waals surface area contributed by atoms with Gasteiger partial charge in [0.15, 0.2) is 5.05 Å². The van der Waals surface area contributed by atoms with E-state index in [1.165, 1.54) is 7.11 Å². The Morgan fingerprint density at radius 3 is 2.64 bits per heavy atom. The highest BCUT2D eigenvalue weighted by Gasteiger charge is 2.02. The van der Waals surface area contributed by atoms with E-state index >= 15 is 0 Å². The van der Waals surface area contributed by atoms with Crippen LogP contribution in [0, 0.1) is 0 Å². The Kier molecular flexibility index (Phi) is 2.44. The van der Waals surface area contributed by atoms with Crippen molar-refractivity contribution in [3.8, 4) is 0 Å². The molecule has 0 aliphatic heterocycles. The fraction of sp³-hybridized carbons (Fsp3) is 0.125. The molecule has 11 heavy (non-hydrogen) atoms. The van der Waals surface area contributed by atoms with E-state index in [9.17, 15) is 0 Å². The van der Waals surface area contributed by atoms with Crippen LogP contribution in [0.2, 0.25) is 0 Å². The van der Waals surface area contributed by atoms with Crippen molar-refractivity contribution in [2.75, 3.05) is 12.8 Å². The van der Waals surface area contributed by atoms with E-state index in [0.717, 1.165) is 5.56 Å². The van der Waals surface area contributed by atoms with Crippen molar-refractivity contribution in [3.63, 3.8) is 0 Å². The Labute approximate surface area is 71.0 Å². The second-order valence-electron chi connectivity index (χ2n) is 2.08. The van der Waals surface area contributed by atoms with Crippen LogP contribution in [0.25, 0.3) is 0 Å². The quantitative estimate of drug-likeness (QED) is 0.509. The highest BCUT2D eigenvalue weighted by atomic mass is 32.1. The molecule has 0 amide bonds. The molecule has 2 nitrogen and oxygen atoms in total. The lowest BCUT2D eigenvalue weighted by atomic mass is 10.2. The van der Waals surface area contributed by atoms with Gasteiger partial charge in [-0.25, -0.2) is 0 Å². The summed E-state index contributed by atoms with van der Waals surface area (Å²) in [4.78, 5) is 0. The molecule has 58 valence electrons. The Balaban J connectivity index is 3.03. The Morgan fingerprint density at radius 2 is 2.09 bits per heavy atom. The molecular weight excluding hydrogens is 158 g/mol. The minimum atomic E-state index is 0.433. The normalized spacial score (nSPS) is 9.18. The number of anilines is 1. The van der Waals surface area contributed by atoms with Gasteiger partial charge in [0.2, 0.25) is 0 Å². The lowest BCUT2D eigenvalue weighted by Gasteiger charge is -2.04. The topological polar surface area (TPSA) is 35.2 Å². The van der Waals surface area contributed by atoms with Crippen LogP contribution >= 0.6 is 12.2 Å². The lowest BCUT2D eigenvalue weighted by Crippen LogP contribution is -2.03. The molecular formula is C8H9NOS. The van der Waals surface area contributed by atoms with Gasteiger partial charge in [0.05, 0.1) is 12.7 Å². The van der Waals surface area contributed by atoms with E-state index in [1.54, 1.807) is 6.07 Å². The SMILES string of the molecule is COC(=S)c1ccccc1N. The molecule has 0 spiro atoms. The van der Waals surface area contributed by atoms with E-state index in [2.05, 4.69) is 0 Å². The number of methoxy groups -OCH3 is 1. The fourth-order valence-electron chi connectivity index (χ4n) is 0.793. The number of nitrogen functional groups attached to an aromatic ring is 1. The summed E-state index contributed by atoms with van der Waals surface area (Å²) in [7, 11) is 1.54. The molecule has 0 heterocycles. The molecule has 0 aliphatic rings. The number of rotatable bonds is 1. The van der Waals surface area contributed by atoms with E-state index in [4.69, 9.17) is 22.7 Å². The Morgan fingerprint density at radius 1 is 1.45 bits per heavy atom. The van der Waals surface area contributed by atoms with Crippen LogP contribution in [0.5, 0.6) is 0 Å². The van der Waals surface area contributed by atoms with E-state index in [-0.39, 0.29) is 0 Å². The maximum atomic E-state index is 5.63. The van der Waals surface area contributed by atoms with Crippen molar-refractivity contribution in [1.29, 1.82) is 0 Å². The van der Waals surface area contributed by atoms with Gasteiger partial charge in [-0.1, -0.05) is 12.1 Å². The molecule has 0 saturated heterocycles. The number of ether oxygens (including phenoxy) is 1. The number of para-hydroxylation sites is 1. The molecule has 1 aromatic rings. The smallest absolute Gasteiger partial charge is 0.192 e. The van der Waals surface area contributed by atoms with Gasteiger partial charge >= 0.3 is 0 Å². The summed E-state index contributed by atoms with van der Waals surface area (Å²) < 4.78 is 4.87. The van der Waals surface area contributed by atoms with Crippen molar-refractivity contribution < 1.29 is 4.74 Å².